The van der Waals surface area contributed by atoms with Crippen LogP contribution in [0.3, 0.4) is 0 Å². The topological polar surface area (TPSA) is 102 Å². The Hall–Kier alpha value is -3.46. The molecule has 2 aromatic carbocycles. The van der Waals surface area contributed by atoms with Crippen LogP contribution in [0.2, 0.25) is 0 Å². The predicted octanol–water partition coefficient (Wildman–Crippen LogP) is 4.03. The van der Waals surface area contributed by atoms with Gasteiger partial charge in [0.25, 0.3) is 10.0 Å². The van der Waals surface area contributed by atoms with Crippen molar-refractivity contribution in [3.8, 4) is 0 Å². The van der Waals surface area contributed by atoms with Crippen LogP contribution < -0.4 is 10.0 Å². The molecular weight excluding hydrogens is 400 g/mol. The minimum atomic E-state index is -3.87. The summed E-state index contributed by atoms with van der Waals surface area (Å²) in [6, 6.07) is 15.2. The van der Waals surface area contributed by atoms with Crippen molar-refractivity contribution in [3.63, 3.8) is 0 Å². The number of rotatable bonds is 6. The maximum atomic E-state index is 12.8. The molecule has 2 aromatic heterocycles. The Kier molecular flexibility index (Phi) is 5.13. The number of aryl methyl sites for hydroxylation is 1. The number of para-hydroxylation sites is 2. The molecule has 2 N–H and O–H groups in total. The van der Waals surface area contributed by atoms with Crippen LogP contribution in [0.5, 0.6) is 0 Å². The van der Waals surface area contributed by atoms with Crippen molar-refractivity contribution in [3.05, 3.63) is 66.5 Å². The molecule has 0 radical (unpaired) electrons. The van der Waals surface area contributed by atoms with E-state index in [2.05, 4.69) is 39.0 Å². The van der Waals surface area contributed by atoms with Crippen LogP contribution in [0, 0.1) is 0 Å². The molecule has 30 heavy (non-hydrogen) atoms. The number of anilines is 3. The summed E-state index contributed by atoms with van der Waals surface area (Å²) in [4.78, 5) is 9.13. The summed E-state index contributed by atoms with van der Waals surface area (Å²) < 4.78 is 29.6. The van der Waals surface area contributed by atoms with Gasteiger partial charge in [0, 0.05) is 18.9 Å². The molecule has 0 aliphatic rings. The maximum absolute atomic E-state index is 12.8. The molecule has 8 nitrogen and oxygen atoms in total. The van der Waals surface area contributed by atoms with Gasteiger partial charge in [-0.25, -0.2) is 18.4 Å². The minimum Gasteiger partial charge on any atom is -0.337 e. The van der Waals surface area contributed by atoms with E-state index >= 15 is 0 Å². The summed E-state index contributed by atoms with van der Waals surface area (Å²) in [5, 5.41) is 7.12. The Balaban J connectivity index is 1.74. The van der Waals surface area contributed by atoms with Gasteiger partial charge in [0.1, 0.15) is 4.90 Å². The largest absolute Gasteiger partial charge is 0.337 e. The number of nitrogens with one attached hydrogen (secondary N) is 2. The van der Waals surface area contributed by atoms with E-state index in [1.165, 1.54) is 22.6 Å². The molecule has 0 saturated heterocycles. The summed E-state index contributed by atoms with van der Waals surface area (Å²) in [6.07, 6.45) is 2.71. The summed E-state index contributed by atoms with van der Waals surface area (Å²) in [5.41, 5.74) is 3.23. The summed E-state index contributed by atoms with van der Waals surface area (Å²) in [6.45, 7) is 4.26. The molecule has 9 heteroatoms. The fourth-order valence-electron chi connectivity index (χ4n) is 2.97. The van der Waals surface area contributed by atoms with Gasteiger partial charge in [-0.2, -0.15) is 5.10 Å². The number of nitrogens with zero attached hydrogens (tertiary/aromatic N) is 4. The van der Waals surface area contributed by atoms with E-state index in [9.17, 15) is 8.42 Å². The zero-order chi connectivity index (χ0) is 21.3. The highest BCUT2D eigenvalue weighted by Gasteiger charge is 2.20. The number of hydrogen-bond donors (Lipinski definition) is 2. The van der Waals surface area contributed by atoms with Crippen LogP contribution in [0.4, 0.5) is 17.3 Å². The van der Waals surface area contributed by atoms with Gasteiger partial charge < -0.3 is 5.32 Å². The molecule has 154 valence electrons. The van der Waals surface area contributed by atoms with Gasteiger partial charge in [0.15, 0.2) is 11.6 Å². The highest BCUT2D eigenvalue weighted by Crippen LogP contribution is 2.27. The van der Waals surface area contributed by atoms with Crippen molar-refractivity contribution in [2.45, 2.75) is 24.7 Å². The first-order valence-corrected chi connectivity index (χ1v) is 11.0. The zero-order valence-electron chi connectivity index (χ0n) is 16.9. The second kappa shape index (κ2) is 7.75. The van der Waals surface area contributed by atoms with Crippen LogP contribution in [0.1, 0.15) is 25.3 Å². The van der Waals surface area contributed by atoms with Crippen LogP contribution in [-0.4, -0.2) is 28.2 Å². The third-order valence-electron chi connectivity index (χ3n) is 4.63. The lowest BCUT2D eigenvalue weighted by Crippen LogP contribution is -2.15. The monoisotopic (exact) mass is 422 g/mol. The first-order chi connectivity index (χ1) is 14.3. The van der Waals surface area contributed by atoms with Gasteiger partial charge in [-0.3, -0.25) is 9.40 Å². The molecule has 4 rings (SSSR count). The molecule has 0 unspecified atom stereocenters. The first-order valence-electron chi connectivity index (χ1n) is 9.47. The van der Waals surface area contributed by atoms with Crippen molar-refractivity contribution in [1.82, 2.24) is 19.7 Å². The van der Waals surface area contributed by atoms with Crippen molar-refractivity contribution in [2.24, 2.45) is 7.05 Å². The van der Waals surface area contributed by atoms with Crippen molar-refractivity contribution >= 4 is 38.4 Å². The Labute approximate surface area is 175 Å². The highest BCUT2D eigenvalue weighted by molar-refractivity contribution is 7.92. The van der Waals surface area contributed by atoms with Gasteiger partial charge >= 0.3 is 0 Å². The normalized spacial score (nSPS) is 11.7. The zero-order valence-corrected chi connectivity index (χ0v) is 17.7. The second-order valence-corrected chi connectivity index (χ2v) is 8.95. The lowest BCUT2D eigenvalue weighted by atomic mass is 10.0. The highest BCUT2D eigenvalue weighted by atomic mass is 32.2. The van der Waals surface area contributed by atoms with Crippen molar-refractivity contribution in [2.75, 3.05) is 10.0 Å². The van der Waals surface area contributed by atoms with E-state index in [1.54, 1.807) is 13.1 Å². The second-order valence-electron chi connectivity index (χ2n) is 7.27. The average molecular weight is 423 g/mol. The standard InChI is InChI=1S/C21H22N6O2S/c1-14(2)15-8-10-16(11-9-15)23-20-21(25-19-7-5-4-6-18(19)24-20)26-30(28,29)17-12-22-27(3)13-17/h4-14H,1-3H3,(H,23,24)(H,25,26). The number of benzene rings is 2. The van der Waals surface area contributed by atoms with Crippen LogP contribution in [0.15, 0.2) is 65.8 Å². The smallest absolute Gasteiger partial charge is 0.266 e. The molecule has 0 atom stereocenters. The van der Waals surface area contributed by atoms with Crippen molar-refractivity contribution < 1.29 is 8.42 Å². The quantitative estimate of drug-likeness (QED) is 0.486. The lowest BCUT2D eigenvalue weighted by Gasteiger charge is -2.14. The molecular formula is C21H22N6O2S. The van der Waals surface area contributed by atoms with Gasteiger partial charge in [-0.15, -0.1) is 0 Å². The Bertz CT molecular complexity index is 1300. The van der Waals surface area contributed by atoms with E-state index < -0.39 is 10.0 Å². The first kappa shape index (κ1) is 19.8. The Morgan fingerprint density at radius 1 is 0.933 bits per heavy atom. The molecule has 0 amide bonds. The molecule has 0 saturated carbocycles. The number of hydrogen-bond acceptors (Lipinski definition) is 6. The maximum Gasteiger partial charge on any atom is 0.266 e. The number of sulfonamides is 1. The summed E-state index contributed by atoms with van der Waals surface area (Å²) in [5.74, 6) is 0.852. The average Bonchev–Trinajstić information content (AvgIpc) is 3.16. The third-order valence-corrected chi connectivity index (χ3v) is 5.93. The van der Waals surface area contributed by atoms with Gasteiger partial charge in [0.05, 0.1) is 17.2 Å². The third kappa shape index (κ3) is 4.11. The van der Waals surface area contributed by atoms with Gasteiger partial charge in [-0.1, -0.05) is 38.1 Å². The predicted molar refractivity (Wildman–Crippen MR) is 117 cm³/mol. The van der Waals surface area contributed by atoms with Crippen LogP contribution >= 0.6 is 0 Å². The van der Waals surface area contributed by atoms with E-state index in [-0.39, 0.29) is 10.7 Å². The summed E-state index contributed by atoms with van der Waals surface area (Å²) >= 11 is 0. The van der Waals surface area contributed by atoms with Crippen LogP contribution in [0.25, 0.3) is 11.0 Å². The molecule has 0 aliphatic carbocycles. The lowest BCUT2D eigenvalue weighted by molar-refractivity contribution is 0.601. The fraction of sp³-hybridized carbons (Fsp3) is 0.190. The Morgan fingerprint density at radius 3 is 2.13 bits per heavy atom. The molecule has 0 spiro atoms. The van der Waals surface area contributed by atoms with Crippen molar-refractivity contribution in [1.29, 1.82) is 0 Å². The number of fused-ring (bicyclic) bond motifs is 1. The Morgan fingerprint density at radius 2 is 1.57 bits per heavy atom. The van der Waals surface area contributed by atoms with E-state index in [0.29, 0.717) is 22.8 Å². The van der Waals surface area contributed by atoms with Crippen LogP contribution in [-0.2, 0) is 17.1 Å². The summed E-state index contributed by atoms with van der Waals surface area (Å²) in [7, 11) is -2.21. The van der Waals surface area contributed by atoms with E-state index in [0.717, 1.165) is 5.69 Å². The van der Waals surface area contributed by atoms with E-state index in [4.69, 9.17) is 0 Å². The SMILES string of the molecule is CC(C)c1ccc(Nc2nc3ccccc3nc2NS(=O)(=O)c2cnn(C)c2)cc1. The number of aromatic nitrogens is 4. The molecule has 0 aliphatic heterocycles. The molecule has 4 aromatic rings. The fourth-order valence-corrected chi connectivity index (χ4v) is 3.96. The van der Waals surface area contributed by atoms with Gasteiger partial charge in [-0.05, 0) is 35.7 Å². The minimum absolute atomic E-state index is 0.0483. The van der Waals surface area contributed by atoms with E-state index in [1.807, 2.05) is 42.5 Å². The van der Waals surface area contributed by atoms with Gasteiger partial charge in [0.2, 0.25) is 0 Å². The molecule has 0 bridgehead atoms. The molecule has 0 fully saturated rings. The molecule has 2 heterocycles.